The predicted molar refractivity (Wildman–Crippen MR) is 63.6 cm³/mol. The molecule has 0 amide bonds. The molecule has 1 aromatic heterocycles. The Hall–Kier alpha value is -1.03. The molecule has 2 aromatic rings. The summed E-state index contributed by atoms with van der Waals surface area (Å²) in [5.74, 6) is 0.796. The lowest BCUT2D eigenvalue weighted by Gasteiger charge is -2.07. The van der Waals surface area contributed by atoms with E-state index in [-0.39, 0.29) is 10.3 Å². The maximum absolute atomic E-state index is 5.93. The minimum Gasteiger partial charge on any atom is -0.452 e. The standard InChI is InChI=1S/C10H5Cl3N2O/c11-6-3-1-2-4-7(6)16-8-5-9(12)14-15-10(8)13/h1-5H. The Bertz CT molecular complexity index is 519. The summed E-state index contributed by atoms with van der Waals surface area (Å²) in [6.45, 7) is 0. The third-order valence-corrected chi connectivity index (χ3v) is 2.50. The van der Waals surface area contributed by atoms with Crippen molar-refractivity contribution < 1.29 is 4.74 Å². The van der Waals surface area contributed by atoms with Crippen molar-refractivity contribution in [2.75, 3.05) is 0 Å². The first kappa shape index (κ1) is 11.5. The van der Waals surface area contributed by atoms with Gasteiger partial charge in [0, 0.05) is 6.07 Å². The van der Waals surface area contributed by atoms with Crippen LogP contribution in [0.15, 0.2) is 30.3 Å². The van der Waals surface area contributed by atoms with E-state index in [9.17, 15) is 0 Å². The Morgan fingerprint density at radius 1 is 0.938 bits per heavy atom. The monoisotopic (exact) mass is 274 g/mol. The van der Waals surface area contributed by atoms with E-state index in [1.807, 2.05) is 0 Å². The number of ether oxygens (including phenoxy) is 1. The van der Waals surface area contributed by atoms with E-state index in [4.69, 9.17) is 39.5 Å². The van der Waals surface area contributed by atoms with Gasteiger partial charge in [0.2, 0.25) is 0 Å². The normalized spacial score (nSPS) is 10.2. The Kier molecular flexibility index (Phi) is 3.49. The van der Waals surface area contributed by atoms with E-state index in [0.29, 0.717) is 16.5 Å². The van der Waals surface area contributed by atoms with Gasteiger partial charge in [-0.2, -0.15) is 0 Å². The molecule has 0 atom stereocenters. The lowest BCUT2D eigenvalue weighted by molar-refractivity contribution is 0.479. The summed E-state index contributed by atoms with van der Waals surface area (Å²) in [7, 11) is 0. The van der Waals surface area contributed by atoms with Gasteiger partial charge in [-0.3, -0.25) is 0 Å². The summed E-state index contributed by atoms with van der Waals surface area (Å²) in [5, 5.41) is 8.00. The zero-order valence-corrected chi connectivity index (χ0v) is 10.1. The molecule has 0 saturated heterocycles. The van der Waals surface area contributed by atoms with Crippen molar-refractivity contribution in [2.24, 2.45) is 0 Å². The summed E-state index contributed by atoms with van der Waals surface area (Å²) in [5.41, 5.74) is 0. The van der Waals surface area contributed by atoms with Crippen molar-refractivity contribution in [2.45, 2.75) is 0 Å². The minimum absolute atomic E-state index is 0.129. The van der Waals surface area contributed by atoms with Crippen LogP contribution in [0.1, 0.15) is 0 Å². The maximum atomic E-state index is 5.93. The van der Waals surface area contributed by atoms with Crippen molar-refractivity contribution in [3.8, 4) is 11.5 Å². The number of benzene rings is 1. The van der Waals surface area contributed by atoms with Gasteiger partial charge in [0.25, 0.3) is 0 Å². The van der Waals surface area contributed by atoms with Crippen molar-refractivity contribution in [3.63, 3.8) is 0 Å². The highest BCUT2D eigenvalue weighted by molar-refractivity contribution is 6.33. The van der Waals surface area contributed by atoms with E-state index >= 15 is 0 Å². The fraction of sp³-hybridized carbons (Fsp3) is 0. The molecule has 1 heterocycles. The van der Waals surface area contributed by atoms with Crippen molar-refractivity contribution in [1.29, 1.82) is 0 Å². The molecule has 82 valence electrons. The van der Waals surface area contributed by atoms with Crippen LogP contribution in [-0.2, 0) is 0 Å². The second-order valence-corrected chi connectivity index (χ2v) is 4.01. The van der Waals surface area contributed by atoms with Crippen molar-refractivity contribution in [3.05, 3.63) is 45.7 Å². The van der Waals surface area contributed by atoms with Gasteiger partial charge in [-0.1, -0.05) is 46.9 Å². The zero-order chi connectivity index (χ0) is 11.5. The van der Waals surface area contributed by atoms with E-state index in [1.54, 1.807) is 24.3 Å². The van der Waals surface area contributed by atoms with Gasteiger partial charge in [0.1, 0.15) is 5.75 Å². The van der Waals surface area contributed by atoms with Crippen LogP contribution in [0, 0.1) is 0 Å². The van der Waals surface area contributed by atoms with Crippen LogP contribution >= 0.6 is 34.8 Å². The van der Waals surface area contributed by atoms with Crippen molar-refractivity contribution in [1.82, 2.24) is 10.2 Å². The average molecular weight is 276 g/mol. The molecular formula is C10H5Cl3N2O. The molecule has 16 heavy (non-hydrogen) atoms. The fourth-order valence-corrected chi connectivity index (χ4v) is 1.50. The van der Waals surface area contributed by atoms with E-state index in [1.165, 1.54) is 6.07 Å². The van der Waals surface area contributed by atoms with Gasteiger partial charge in [-0.05, 0) is 12.1 Å². The lowest BCUT2D eigenvalue weighted by atomic mass is 10.3. The first-order valence-corrected chi connectivity index (χ1v) is 5.41. The topological polar surface area (TPSA) is 35.0 Å². The molecule has 0 spiro atoms. The number of hydrogen-bond donors (Lipinski definition) is 0. The summed E-state index contributed by atoms with van der Waals surface area (Å²) in [6.07, 6.45) is 0. The zero-order valence-electron chi connectivity index (χ0n) is 7.82. The van der Waals surface area contributed by atoms with Gasteiger partial charge in [-0.25, -0.2) is 0 Å². The van der Waals surface area contributed by atoms with Gasteiger partial charge in [0.15, 0.2) is 16.1 Å². The van der Waals surface area contributed by atoms with E-state index in [2.05, 4.69) is 10.2 Å². The number of rotatable bonds is 2. The number of halogens is 3. The predicted octanol–water partition coefficient (Wildman–Crippen LogP) is 4.23. The van der Waals surface area contributed by atoms with Crippen LogP contribution in [0.3, 0.4) is 0 Å². The molecule has 0 N–H and O–H groups in total. The smallest absolute Gasteiger partial charge is 0.194 e. The van der Waals surface area contributed by atoms with E-state index < -0.39 is 0 Å². The second kappa shape index (κ2) is 4.87. The highest BCUT2D eigenvalue weighted by Gasteiger charge is 2.08. The lowest BCUT2D eigenvalue weighted by Crippen LogP contribution is -1.90. The van der Waals surface area contributed by atoms with Crippen LogP contribution in [0.25, 0.3) is 0 Å². The number of aromatic nitrogens is 2. The number of hydrogen-bond acceptors (Lipinski definition) is 3. The third kappa shape index (κ3) is 2.55. The molecule has 0 unspecified atom stereocenters. The number of nitrogens with zero attached hydrogens (tertiary/aromatic N) is 2. The molecule has 0 fully saturated rings. The Labute approximate surface area is 107 Å². The second-order valence-electron chi connectivity index (χ2n) is 2.85. The maximum Gasteiger partial charge on any atom is 0.194 e. The summed E-state index contributed by atoms with van der Waals surface area (Å²) < 4.78 is 5.47. The third-order valence-electron chi connectivity index (χ3n) is 1.74. The van der Waals surface area contributed by atoms with Crippen LogP contribution in [0.4, 0.5) is 0 Å². The molecule has 6 heteroatoms. The first-order chi connectivity index (χ1) is 7.66. The molecule has 1 aromatic carbocycles. The average Bonchev–Trinajstić information content (AvgIpc) is 2.27. The Morgan fingerprint density at radius 3 is 2.44 bits per heavy atom. The first-order valence-electron chi connectivity index (χ1n) is 4.28. The quantitative estimate of drug-likeness (QED) is 0.822. The molecule has 0 aliphatic heterocycles. The molecule has 3 nitrogen and oxygen atoms in total. The Morgan fingerprint density at radius 2 is 1.69 bits per heavy atom. The summed E-state index contributed by atoms with van der Waals surface area (Å²) in [6, 6.07) is 8.49. The highest BCUT2D eigenvalue weighted by Crippen LogP contribution is 2.32. The van der Waals surface area contributed by atoms with Gasteiger partial charge < -0.3 is 4.74 Å². The molecule has 0 radical (unpaired) electrons. The SMILES string of the molecule is Clc1cc(Oc2ccccc2Cl)c(Cl)nn1. The minimum atomic E-state index is 0.129. The van der Waals surface area contributed by atoms with E-state index in [0.717, 1.165) is 0 Å². The molecule has 0 bridgehead atoms. The fourth-order valence-electron chi connectivity index (χ4n) is 1.06. The molecule has 0 aliphatic carbocycles. The molecule has 0 aliphatic rings. The van der Waals surface area contributed by atoms with Gasteiger partial charge in [-0.15, -0.1) is 10.2 Å². The number of para-hydroxylation sites is 1. The van der Waals surface area contributed by atoms with Gasteiger partial charge >= 0.3 is 0 Å². The summed E-state index contributed by atoms with van der Waals surface area (Å²) in [4.78, 5) is 0. The largest absolute Gasteiger partial charge is 0.452 e. The molecular weight excluding hydrogens is 270 g/mol. The highest BCUT2D eigenvalue weighted by atomic mass is 35.5. The van der Waals surface area contributed by atoms with Crippen LogP contribution in [0.5, 0.6) is 11.5 Å². The van der Waals surface area contributed by atoms with Crippen LogP contribution in [0.2, 0.25) is 15.3 Å². The van der Waals surface area contributed by atoms with Crippen molar-refractivity contribution >= 4 is 34.8 Å². The molecule has 0 saturated carbocycles. The van der Waals surface area contributed by atoms with Crippen LogP contribution < -0.4 is 4.74 Å². The van der Waals surface area contributed by atoms with Gasteiger partial charge in [0.05, 0.1) is 5.02 Å². The molecule has 2 rings (SSSR count). The summed E-state index contributed by atoms with van der Waals surface area (Å²) >= 11 is 17.4. The Balaban J connectivity index is 2.34. The van der Waals surface area contributed by atoms with Crippen LogP contribution in [-0.4, -0.2) is 10.2 Å².